The van der Waals surface area contributed by atoms with E-state index in [1.54, 1.807) is 30.0 Å². The number of fused-ring (bicyclic) bond motifs is 2. The monoisotopic (exact) mass is 587 g/mol. The highest BCUT2D eigenvalue weighted by atomic mass is 79.9. The van der Waals surface area contributed by atoms with Gasteiger partial charge in [0.15, 0.2) is 5.60 Å². The third kappa shape index (κ3) is 5.28. The number of aliphatic hydroxyl groups excluding tert-OH is 1. The van der Waals surface area contributed by atoms with Gasteiger partial charge in [0.25, 0.3) is 5.91 Å². The van der Waals surface area contributed by atoms with Crippen molar-refractivity contribution in [2.45, 2.75) is 31.9 Å². The highest BCUT2D eigenvalue weighted by Gasteiger charge is 2.52. The van der Waals surface area contributed by atoms with E-state index in [1.165, 1.54) is 0 Å². The van der Waals surface area contributed by atoms with Crippen molar-refractivity contribution in [1.29, 1.82) is 0 Å². The third-order valence-corrected chi connectivity index (χ3v) is 7.68. The maximum absolute atomic E-state index is 13.7. The first-order valence-electron chi connectivity index (χ1n) is 12.9. The third-order valence-electron chi connectivity index (χ3n) is 7.19. The minimum Gasteiger partial charge on any atom is -0.396 e. The van der Waals surface area contributed by atoms with Gasteiger partial charge in [0.05, 0.1) is 18.7 Å². The zero-order chi connectivity index (χ0) is 27.6. The van der Waals surface area contributed by atoms with Crippen LogP contribution in [0.25, 0.3) is 10.9 Å². The lowest BCUT2D eigenvalue weighted by Crippen LogP contribution is -2.44. The van der Waals surface area contributed by atoms with Gasteiger partial charge in [-0.1, -0.05) is 65.3 Å². The number of rotatable bonds is 9. The number of carbonyl (C=O) groups is 2. The van der Waals surface area contributed by atoms with Crippen molar-refractivity contribution >= 4 is 50.0 Å². The summed E-state index contributed by atoms with van der Waals surface area (Å²) in [4.78, 5) is 31.4. The maximum atomic E-state index is 13.7. The number of nitrogens with zero attached hydrogens (tertiary/aromatic N) is 1. The Morgan fingerprint density at radius 2 is 1.97 bits per heavy atom. The standard InChI is InChI=1S/C31H30BrN3O4/c1-20(7-4-5-14-36)31(39)26-17-23(32)12-13-28(26)35(30(31)38)19-21-8-6-9-24(15-21)34-29(37)16-22-18-33-27-11-3-2-10-25(22)27/h2-4,6-13,15,17-18,20,33,36,39H,5,14,16,19H2,1H3,(H,34,37)/b7-4+/t20-,31+/m0/s1. The van der Waals surface area contributed by atoms with Crippen LogP contribution in [0.4, 0.5) is 11.4 Å². The van der Waals surface area contributed by atoms with E-state index in [0.717, 1.165) is 26.5 Å². The molecule has 2 amide bonds. The van der Waals surface area contributed by atoms with Gasteiger partial charge in [-0.2, -0.15) is 0 Å². The summed E-state index contributed by atoms with van der Waals surface area (Å²) in [5, 5.41) is 24.9. The van der Waals surface area contributed by atoms with E-state index in [1.807, 2.05) is 66.9 Å². The molecule has 8 heteroatoms. The summed E-state index contributed by atoms with van der Waals surface area (Å²) in [6.07, 6.45) is 6.08. The van der Waals surface area contributed by atoms with E-state index in [0.29, 0.717) is 23.4 Å². The van der Waals surface area contributed by atoms with Gasteiger partial charge >= 0.3 is 0 Å². The van der Waals surface area contributed by atoms with Crippen molar-refractivity contribution < 1.29 is 19.8 Å². The van der Waals surface area contributed by atoms with Gasteiger partial charge in [-0.05, 0) is 53.9 Å². The van der Waals surface area contributed by atoms with Crippen LogP contribution in [0.3, 0.4) is 0 Å². The van der Waals surface area contributed by atoms with E-state index in [-0.39, 0.29) is 25.5 Å². The second-order valence-electron chi connectivity index (χ2n) is 9.83. The molecule has 0 bridgehead atoms. The molecule has 4 aromatic rings. The Hall–Kier alpha value is -3.72. The van der Waals surface area contributed by atoms with Crippen LogP contribution < -0.4 is 10.2 Å². The Morgan fingerprint density at radius 1 is 1.15 bits per heavy atom. The molecule has 0 fully saturated rings. The van der Waals surface area contributed by atoms with Gasteiger partial charge in [-0.25, -0.2) is 0 Å². The molecule has 0 saturated carbocycles. The van der Waals surface area contributed by atoms with E-state index in [9.17, 15) is 14.7 Å². The lowest BCUT2D eigenvalue weighted by Gasteiger charge is -2.27. The number of nitrogens with one attached hydrogen (secondary N) is 2. The van der Waals surface area contributed by atoms with E-state index >= 15 is 0 Å². The highest BCUT2D eigenvalue weighted by molar-refractivity contribution is 9.10. The molecule has 1 aromatic heterocycles. The van der Waals surface area contributed by atoms with Crippen molar-refractivity contribution in [3.05, 3.63) is 106 Å². The van der Waals surface area contributed by atoms with Crippen LogP contribution in [-0.4, -0.2) is 33.6 Å². The predicted molar refractivity (Wildman–Crippen MR) is 156 cm³/mol. The van der Waals surface area contributed by atoms with Crippen LogP contribution in [0.2, 0.25) is 0 Å². The second-order valence-corrected chi connectivity index (χ2v) is 10.7. The molecule has 0 unspecified atom stereocenters. The molecule has 0 aliphatic carbocycles. The molecule has 39 heavy (non-hydrogen) atoms. The van der Waals surface area contributed by atoms with E-state index < -0.39 is 17.4 Å². The zero-order valence-electron chi connectivity index (χ0n) is 21.5. The van der Waals surface area contributed by atoms with Gasteiger partial charge < -0.3 is 25.4 Å². The number of benzene rings is 3. The normalized spacial score (nSPS) is 17.6. The van der Waals surface area contributed by atoms with Gasteiger partial charge in [0, 0.05) is 45.3 Å². The number of hydrogen-bond donors (Lipinski definition) is 4. The molecule has 1 aliphatic heterocycles. The summed E-state index contributed by atoms with van der Waals surface area (Å²) in [6.45, 7) is 2.03. The molecule has 3 aromatic carbocycles. The smallest absolute Gasteiger partial charge is 0.264 e. The lowest BCUT2D eigenvalue weighted by molar-refractivity contribution is -0.139. The maximum Gasteiger partial charge on any atom is 0.264 e. The molecule has 4 N–H and O–H groups in total. The molecule has 0 saturated heterocycles. The fraction of sp³-hybridized carbons (Fsp3) is 0.226. The fourth-order valence-electron chi connectivity index (χ4n) is 5.18. The molecule has 2 atom stereocenters. The van der Waals surface area contributed by atoms with Gasteiger partial charge in [-0.15, -0.1) is 0 Å². The fourth-order valence-corrected chi connectivity index (χ4v) is 5.54. The van der Waals surface area contributed by atoms with Crippen LogP contribution >= 0.6 is 15.9 Å². The number of carbonyl (C=O) groups excluding carboxylic acids is 2. The number of aromatic nitrogens is 1. The molecular weight excluding hydrogens is 558 g/mol. The topological polar surface area (TPSA) is 106 Å². The molecule has 0 radical (unpaired) electrons. The summed E-state index contributed by atoms with van der Waals surface area (Å²) >= 11 is 3.47. The SMILES string of the molecule is C[C@@H](/C=C/CCO)[C@]1(O)C(=O)N(Cc2cccc(NC(=O)Cc3c[nH]c4ccccc34)c2)c2ccc(Br)cc21. The molecule has 0 spiro atoms. The summed E-state index contributed by atoms with van der Waals surface area (Å²) in [7, 11) is 0. The minimum absolute atomic E-state index is 0.00147. The van der Waals surface area contributed by atoms with Crippen LogP contribution in [0.1, 0.15) is 30.0 Å². The summed E-state index contributed by atoms with van der Waals surface area (Å²) in [5.41, 5.74) is 2.80. The quantitative estimate of drug-likeness (QED) is 0.196. The molecule has 200 valence electrons. The van der Waals surface area contributed by atoms with Crippen molar-refractivity contribution in [1.82, 2.24) is 4.98 Å². The average molecular weight is 589 g/mol. The Morgan fingerprint density at radius 3 is 2.79 bits per heavy atom. The Bertz CT molecular complexity index is 1560. The number of hydrogen-bond acceptors (Lipinski definition) is 4. The first kappa shape index (κ1) is 26.9. The van der Waals surface area contributed by atoms with Crippen LogP contribution in [0, 0.1) is 5.92 Å². The van der Waals surface area contributed by atoms with E-state index in [4.69, 9.17) is 5.11 Å². The number of para-hydroxylation sites is 1. The Balaban J connectivity index is 1.35. The molecule has 1 aliphatic rings. The van der Waals surface area contributed by atoms with Gasteiger partial charge in [0.2, 0.25) is 5.91 Å². The average Bonchev–Trinajstić information content (AvgIpc) is 3.42. The van der Waals surface area contributed by atoms with Gasteiger partial charge in [0.1, 0.15) is 0 Å². The summed E-state index contributed by atoms with van der Waals surface area (Å²) in [5.74, 6) is -1.06. The number of aromatic amines is 1. The molecular formula is C31H30BrN3O4. The Kier molecular flexibility index (Phi) is 7.70. The highest BCUT2D eigenvalue weighted by Crippen LogP contribution is 2.46. The minimum atomic E-state index is -1.74. The number of H-pyrrole nitrogens is 1. The molecule has 5 rings (SSSR count). The number of anilines is 2. The van der Waals surface area contributed by atoms with Crippen molar-refractivity contribution in [3.8, 4) is 0 Å². The largest absolute Gasteiger partial charge is 0.396 e. The van der Waals surface area contributed by atoms with Crippen LogP contribution in [0.15, 0.2) is 89.6 Å². The summed E-state index contributed by atoms with van der Waals surface area (Å²) < 4.78 is 0.765. The van der Waals surface area contributed by atoms with Crippen molar-refractivity contribution in [2.75, 3.05) is 16.8 Å². The number of aliphatic hydroxyl groups is 2. The lowest BCUT2D eigenvalue weighted by atomic mass is 9.83. The van der Waals surface area contributed by atoms with Crippen LogP contribution in [0.5, 0.6) is 0 Å². The first-order chi connectivity index (χ1) is 18.8. The van der Waals surface area contributed by atoms with Crippen molar-refractivity contribution in [3.63, 3.8) is 0 Å². The predicted octanol–water partition coefficient (Wildman–Crippen LogP) is 5.42. The molecule has 7 nitrogen and oxygen atoms in total. The summed E-state index contributed by atoms with van der Waals surface area (Å²) in [6, 6.07) is 20.7. The Labute approximate surface area is 235 Å². The first-order valence-corrected chi connectivity index (χ1v) is 13.7. The molecule has 2 heterocycles. The number of amides is 2. The number of halogens is 1. The van der Waals surface area contributed by atoms with Crippen LogP contribution in [-0.2, 0) is 28.2 Å². The second kappa shape index (κ2) is 11.2. The van der Waals surface area contributed by atoms with Crippen molar-refractivity contribution in [2.24, 2.45) is 5.92 Å². The van der Waals surface area contributed by atoms with E-state index in [2.05, 4.69) is 26.2 Å². The van der Waals surface area contributed by atoms with Gasteiger partial charge in [-0.3, -0.25) is 9.59 Å². The zero-order valence-corrected chi connectivity index (χ0v) is 23.1.